The highest BCUT2D eigenvalue weighted by Gasteiger charge is 2.58. The summed E-state index contributed by atoms with van der Waals surface area (Å²) >= 11 is 6.87. The molecule has 3 saturated heterocycles. The minimum atomic E-state index is -1.12. The lowest BCUT2D eigenvalue weighted by molar-refractivity contribution is -0.140. The van der Waals surface area contributed by atoms with Gasteiger partial charge < -0.3 is 39.7 Å². The van der Waals surface area contributed by atoms with Gasteiger partial charge >= 0.3 is 12.2 Å². The first-order valence-corrected chi connectivity index (χ1v) is 22.7. The van der Waals surface area contributed by atoms with Crippen LogP contribution in [0.1, 0.15) is 76.1 Å². The molecule has 5 aromatic rings. The van der Waals surface area contributed by atoms with E-state index in [1.54, 1.807) is 0 Å². The number of nitrogens with one attached hydrogen (secondary N) is 3. The third kappa shape index (κ3) is 7.65. The van der Waals surface area contributed by atoms with E-state index in [4.69, 9.17) is 31.0 Å². The van der Waals surface area contributed by atoms with E-state index in [1.807, 2.05) is 35.9 Å². The summed E-state index contributed by atoms with van der Waals surface area (Å²) in [5.41, 5.74) is 5.42. The van der Waals surface area contributed by atoms with Gasteiger partial charge in [-0.1, -0.05) is 74.0 Å². The molecule has 2 aliphatic carbocycles. The van der Waals surface area contributed by atoms with Gasteiger partial charge in [-0.3, -0.25) is 14.5 Å². The molecule has 8 atom stereocenters. The minimum absolute atomic E-state index is 0.0522. The number of hydrogen-bond acceptors (Lipinski definition) is 8. The third-order valence-corrected chi connectivity index (χ3v) is 14.6. The second-order valence-electron chi connectivity index (χ2n) is 18.6. The fourth-order valence-corrected chi connectivity index (χ4v) is 11.0. The van der Waals surface area contributed by atoms with E-state index >= 15 is 0 Å². The molecule has 15 nitrogen and oxygen atoms in total. The van der Waals surface area contributed by atoms with Crippen LogP contribution in [0.4, 0.5) is 9.59 Å². The number of carbonyl (C=O) groups excluding carboxylic acids is 3. The normalized spacial score (nSPS) is 24.6. The van der Waals surface area contributed by atoms with Gasteiger partial charge in [0.1, 0.15) is 34.6 Å². The van der Waals surface area contributed by atoms with Crippen LogP contribution in [0.25, 0.3) is 44.4 Å². The summed E-state index contributed by atoms with van der Waals surface area (Å²) in [6, 6.07) is 19.1. The van der Waals surface area contributed by atoms with Gasteiger partial charge in [0, 0.05) is 37.9 Å². The predicted molar refractivity (Wildman–Crippen MR) is 239 cm³/mol. The molecule has 0 bridgehead atoms. The summed E-state index contributed by atoms with van der Waals surface area (Å²) in [7, 11) is 2.78. The topological polar surface area (TPSA) is 186 Å². The second-order valence-corrected chi connectivity index (χ2v) is 19.0. The maximum Gasteiger partial charge on any atom is 0.407 e. The molecule has 4 amide bonds. The van der Waals surface area contributed by atoms with E-state index in [1.165, 1.54) is 14.2 Å². The molecule has 3 aliphatic heterocycles. The number of aromatic amines is 2. The van der Waals surface area contributed by atoms with Gasteiger partial charge in [-0.25, -0.2) is 19.6 Å². The number of carboxylic acid groups (broad SMARTS) is 1. The largest absolute Gasteiger partial charge is 0.465 e. The summed E-state index contributed by atoms with van der Waals surface area (Å²) in [5.74, 6) is 1.66. The van der Waals surface area contributed by atoms with E-state index in [2.05, 4.69) is 69.9 Å². The number of imidazole rings is 2. The Labute approximate surface area is 375 Å². The first kappa shape index (κ1) is 42.0. The van der Waals surface area contributed by atoms with E-state index in [0.29, 0.717) is 54.6 Å². The van der Waals surface area contributed by atoms with Gasteiger partial charge in [-0.15, -0.1) is 0 Å². The van der Waals surface area contributed by atoms with Crippen LogP contribution in [0.3, 0.4) is 0 Å². The smallest absolute Gasteiger partial charge is 0.407 e. The zero-order valence-electron chi connectivity index (χ0n) is 36.3. The molecule has 64 heavy (non-hydrogen) atoms. The zero-order chi connectivity index (χ0) is 44.6. The van der Waals surface area contributed by atoms with Gasteiger partial charge in [0.2, 0.25) is 11.8 Å². The average Bonchev–Trinajstić information content (AvgIpc) is 3.94. The van der Waals surface area contributed by atoms with Crippen LogP contribution in [0, 0.1) is 23.7 Å². The van der Waals surface area contributed by atoms with Crippen molar-refractivity contribution in [2.75, 3.05) is 27.4 Å². The van der Waals surface area contributed by atoms with Crippen molar-refractivity contribution in [2.45, 2.75) is 88.6 Å². The molecule has 0 spiro atoms. The molecular formula is C48H53ClN8O7. The van der Waals surface area contributed by atoms with Crippen LogP contribution < -0.4 is 5.32 Å². The molecule has 0 radical (unpaired) electrons. The van der Waals surface area contributed by atoms with Crippen LogP contribution in [-0.2, 0) is 19.1 Å². The van der Waals surface area contributed by atoms with Crippen molar-refractivity contribution >= 4 is 46.4 Å². The number of fused-ring (bicyclic) bond motifs is 3. The van der Waals surface area contributed by atoms with E-state index in [9.17, 15) is 24.3 Å². The molecule has 334 valence electrons. The number of likely N-dealkylation sites (tertiary alicyclic amines) is 2. The Hall–Kier alpha value is -5.93. The van der Waals surface area contributed by atoms with Crippen molar-refractivity contribution in [1.29, 1.82) is 0 Å². The first-order valence-electron chi connectivity index (χ1n) is 22.4. The number of alkyl carbamates (subject to hydrolysis) is 1. The molecule has 4 N–H and O–H groups in total. The summed E-state index contributed by atoms with van der Waals surface area (Å²) in [6.45, 7) is 4.85. The van der Waals surface area contributed by atoms with Crippen molar-refractivity contribution in [3.63, 3.8) is 0 Å². The number of H-pyrrole nitrogens is 2. The molecule has 2 aromatic heterocycles. The van der Waals surface area contributed by atoms with Gasteiger partial charge in [-0.05, 0) is 102 Å². The lowest BCUT2D eigenvalue weighted by atomic mass is 9.90. The number of benzene rings is 3. The Morgan fingerprint density at radius 1 is 0.828 bits per heavy atom. The SMILES string of the molecule is COC(=O)N[C@H](C(=O)N1[C@@H]2C[C@H]2C[C@H]1c1nc(-c2ccc3cc(-c4ccc(-c5cnc([C@@H]6C[C@H]7C[C@H]7N6C(=O)[C@H](C(C)C)N(C)C(=O)O)[nH]5)cc4)ccc3c2)c(Cl)[nH]1)C1CCOCC1. The van der Waals surface area contributed by atoms with E-state index < -0.39 is 24.3 Å². The minimum Gasteiger partial charge on any atom is -0.465 e. The lowest BCUT2D eigenvalue weighted by Crippen LogP contribution is -2.54. The molecule has 2 saturated carbocycles. The Kier molecular flexibility index (Phi) is 10.9. The predicted octanol–water partition coefficient (Wildman–Crippen LogP) is 8.05. The number of nitrogens with zero attached hydrogens (tertiary/aromatic N) is 5. The van der Waals surface area contributed by atoms with Gasteiger partial charge in [0.15, 0.2) is 0 Å². The van der Waals surface area contributed by atoms with Crippen molar-refractivity contribution < 1.29 is 33.8 Å². The molecule has 5 fully saturated rings. The van der Waals surface area contributed by atoms with E-state index in [0.717, 1.165) is 75.1 Å². The van der Waals surface area contributed by atoms with Gasteiger partial charge in [0.25, 0.3) is 0 Å². The second kappa shape index (κ2) is 16.6. The van der Waals surface area contributed by atoms with Gasteiger partial charge in [0.05, 0.1) is 31.1 Å². The zero-order valence-corrected chi connectivity index (χ0v) is 37.0. The third-order valence-electron chi connectivity index (χ3n) is 14.3. The number of rotatable bonds is 11. The van der Waals surface area contributed by atoms with Crippen LogP contribution in [0.5, 0.6) is 0 Å². The number of amides is 4. The van der Waals surface area contributed by atoms with Gasteiger partial charge in [-0.2, -0.15) is 0 Å². The van der Waals surface area contributed by atoms with Crippen molar-refractivity contribution in [3.05, 3.63) is 83.7 Å². The number of piperidine rings is 2. The molecular weight excluding hydrogens is 836 g/mol. The van der Waals surface area contributed by atoms with Crippen LogP contribution >= 0.6 is 11.6 Å². The number of halogens is 1. The average molecular weight is 889 g/mol. The Balaban J connectivity index is 0.837. The first-order chi connectivity index (χ1) is 30.9. The Bertz CT molecular complexity index is 2620. The van der Waals surface area contributed by atoms with Crippen molar-refractivity contribution in [2.24, 2.45) is 23.7 Å². The standard InChI is InChI=1S/C48H53ClN8O7/c1-24(2)41(55(3)48(61)62)46(59)57-36-20-32(36)21-37(57)43-50-23-34(51-43)26-7-5-25(6-8-26)28-9-10-30-18-31(12-11-29(30)17-28)39-42(49)54-44(52-39)38-22-33-19-35(33)56(38)45(58)40(53-47(60)63-4)27-13-15-64-16-14-27/h5-12,17-18,23-24,27,32-33,35-38,40-41H,13-16,19-22H2,1-4H3,(H,50,51)(H,52,54)(H,53,60)(H,61,62)/t32-,33+,35-,36-,37+,38+,40+,41+/m1/s1. The monoisotopic (exact) mass is 888 g/mol. The Morgan fingerprint density at radius 3 is 2.06 bits per heavy atom. The maximum atomic E-state index is 14.3. The maximum absolute atomic E-state index is 14.3. The van der Waals surface area contributed by atoms with Crippen molar-refractivity contribution in [3.8, 4) is 33.6 Å². The van der Waals surface area contributed by atoms with Crippen LogP contribution in [0.2, 0.25) is 5.15 Å². The van der Waals surface area contributed by atoms with Crippen LogP contribution in [0.15, 0.2) is 66.9 Å². The fraction of sp³-hybridized carbons (Fsp3) is 0.458. The molecule has 5 heterocycles. The lowest BCUT2D eigenvalue weighted by Gasteiger charge is -2.35. The van der Waals surface area contributed by atoms with Crippen molar-refractivity contribution in [1.82, 2.24) is 40.0 Å². The Morgan fingerprint density at radius 2 is 1.42 bits per heavy atom. The summed E-state index contributed by atoms with van der Waals surface area (Å²) in [6.07, 6.45) is 4.89. The molecule has 16 heteroatoms. The highest BCUT2D eigenvalue weighted by atomic mass is 35.5. The van der Waals surface area contributed by atoms with E-state index in [-0.39, 0.29) is 47.8 Å². The number of carbonyl (C=O) groups is 4. The fourth-order valence-electron chi connectivity index (χ4n) is 10.8. The molecule has 3 aromatic carbocycles. The summed E-state index contributed by atoms with van der Waals surface area (Å²) < 4.78 is 10.5. The summed E-state index contributed by atoms with van der Waals surface area (Å²) in [4.78, 5) is 73.9. The summed E-state index contributed by atoms with van der Waals surface area (Å²) in [5, 5.41) is 15.0. The van der Waals surface area contributed by atoms with Crippen LogP contribution in [-0.4, -0.2) is 115 Å². The molecule has 10 rings (SSSR count). The number of likely N-dealkylation sites (N-methyl/N-ethyl adjacent to an activating group) is 1. The number of hydrogen-bond donors (Lipinski definition) is 4. The number of aromatic nitrogens is 4. The molecule has 0 unspecified atom stereocenters. The molecule has 5 aliphatic rings. The number of methoxy groups -OCH3 is 1. The highest BCUT2D eigenvalue weighted by molar-refractivity contribution is 6.32. The number of ether oxygens (including phenoxy) is 2. The highest BCUT2D eigenvalue weighted by Crippen LogP contribution is 2.55. The quantitative estimate of drug-likeness (QED) is 0.102.